The van der Waals surface area contributed by atoms with Crippen molar-refractivity contribution in [3.05, 3.63) is 21.9 Å². The number of carbonyl (C=O) groups is 2. The average molecular weight is 343 g/mol. The highest BCUT2D eigenvalue weighted by Crippen LogP contribution is 2.19. The maximum absolute atomic E-state index is 11.6. The lowest BCUT2D eigenvalue weighted by atomic mass is 10.2. The largest absolute Gasteiger partial charge is 0.462 e. The standard InChI is InChI=1S/C16H25NO5S/c1-5-21-14(19)13-9-8-12(23-13)7-6-11(18)10-17-15(20)22-16(2,3)4/h8-9,11,18H,5-7,10H2,1-4H3,(H,17,20)/t11-/m1/s1. The molecule has 0 spiro atoms. The number of rotatable bonds is 7. The molecule has 1 atom stereocenters. The maximum atomic E-state index is 11.6. The molecule has 0 aliphatic rings. The monoisotopic (exact) mass is 343 g/mol. The summed E-state index contributed by atoms with van der Waals surface area (Å²) < 4.78 is 10.0. The van der Waals surface area contributed by atoms with Crippen molar-refractivity contribution in [3.63, 3.8) is 0 Å². The number of ether oxygens (including phenoxy) is 2. The summed E-state index contributed by atoms with van der Waals surface area (Å²) in [5, 5.41) is 12.4. The van der Waals surface area contributed by atoms with Gasteiger partial charge in [0, 0.05) is 11.4 Å². The summed E-state index contributed by atoms with van der Waals surface area (Å²) in [6.45, 7) is 7.58. The number of aryl methyl sites for hydroxylation is 1. The summed E-state index contributed by atoms with van der Waals surface area (Å²) in [4.78, 5) is 24.6. The van der Waals surface area contributed by atoms with Crippen LogP contribution in [-0.2, 0) is 15.9 Å². The molecule has 0 aromatic carbocycles. The van der Waals surface area contributed by atoms with Gasteiger partial charge < -0.3 is 19.9 Å². The average Bonchev–Trinajstić information content (AvgIpc) is 2.90. The SMILES string of the molecule is CCOC(=O)c1ccc(CC[C@@H](O)CNC(=O)OC(C)(C)C)s1. The number of hydrogen-bond donors (Lipinski definition) is 2. The van der Waals surface area contributed by atoms with E-state index < -0.39 is 17.8 Å². The molecule has 0 radical (unpaired) electrons. The Kier molecular flexibility index (Phi) is 7.51. The lowest BCUT2D eigenvalue weighted by Crippen LogP contribution is -2.37. The second kappa shape index (κ2) is 8.88. The Bertz CT molecular complexity index is 521. The quantitative estimate of drug-likeness (QED) is 0.744. The van der Waals surface area contributed by atoms with Crippen LogP contribution in [0.4, 0.5) is 4.79 Å². The van der Waals surface area contributed by atoms with Gasteiger partial charge in [-0.3, -0.25) is 0 Å². The normalized spacial score (nSPS) is 12.6. The van der Waals surface area contributed by atoms with Crippen LogP contribution in [0.15, 0.2) is 12.1 Å². The van der Waals surface area contributed by atoms with Crippen LogP contribution in [0.2, 0.25) is 0 Å². The Labute approximate surface area is 140 Å². The summed E-state index contributed by atoms with van der Waals surface area (Å²) in [6.07, 6.45) is -0.104. The van der Waals surface area contributed by atoms with Gasteiger partial charge in [0.05, 0.1) is 12.7 Å². The topological polar surface area (TPSA) is 84.9 Å². The molecule has 0 unspecified atom stereocenters. The molecular weight excluding hydrogens is 318 g/mol. The van der Waals surface area contributed by atoms with Crippen molar-refractivity contribution in [1.82, 2.24) is 5.32 Å². The molecule has 0 aliphatic heterocycles. The smallest absolute Gasteiger partial charge is 0.407 e. The molecule has 130 valence electrons. The predicted octanol–water partition coefficient (Wildman–Crippen LogP) is 2.74. The summed E-state index contributed by atoms with van der Waals surface area (Å²) >= 11 is 1.36. The zero-order valence-electron chi connectivity index (χ0n) is 14.0. The van der Waals surface area contributed by atoms with Crippen LogP contribution in [0.3, 0.4) is 0 Å². The molecule has 1 aromatic rings. The van der Waals surface area contributed by atoms with Crippen molar-refractivity contribution in [3.8, 4) is 0 Å². The van der Waals surface area contributed by atoms with Crippen molar-refractivity contribution >= 4 is 23.4 Å². The lowest BCUT2D eigenvalue weighted by molar-refractivity contribution is 0.0487. The second-order valence-corrected chi connectivity index (χ2v) is 7.23. The van der Waals surface area contributed by atoms with Crippen LogP contribution in [-0.4, -0.2) is 42.0 Å². The Morgan fingerprint density at radius 2 is 2.04 bits per heavy atom. The second-order valence-electron chi connectivity index (χ2n) is 6.06. The molecular formula is C16H25NO5S. The number of thiophene rings is 1. The van der Waals surface area contributed by atoms with Crippen LogP contribution in [0.5, 0.6) is 0 Å². The molecule has 2 N–H and O–H groups in total. The van der Waals surface area contributed by atoms with Crippen molar-refractivity contribution < 1.29 is 24.2 Å². The van der Waals surface area contributed by atoms with Crippen LogP contribution < -0.4 is 5.32 Å². The first-order valence-corrected chi connectivity index (χ1v) is 8.43. The summed E-state index contributed by atoms with van der Waals surface area (Å²) in [6, 6.07) is 3.58. The lowest BCUT2D eigenvalue weighted by Gasteiger charge is -2.20. The minimum absolute atomic E-state index is 0.130. The van der Waals surface area contributed by atoms with Crippen molar-refractivity contribution in [2.75, 3.05) is 13.2 Å². The minimum atomic E-state index is -0.671. The van der Waals surface area contributed by atoms with Gasteiger partial charge in [-0.1, -0.05) is 0 Å². The van der Waals surface area contributed by atoms with E-state index in [1.807, 2.05) is 6.07 Å². The number of alkyl carbamates (subject to hydrolysis) is 1. The molecule has 1 amide bonds. The molecule has 23 heavy (non-hydrogen) atoms. The van der Waals surface area contributed by atoms with E-state index in [9.17, 15) is 14.7 Å². The van der Waals surface area contributed by atoms with E-state index in [1.165, 1.54) is 11.3 Å². The van der Waals surface area contributed by atoms with Crippen LogP contribution in [0.1, 0.15) is 48.7 Å². The summed E-state index contributed by atoms with van der Waals surface area (Å²) in [7, 11) is 0. The molecule has 7 heteroatoms. The summed E-state index contributed by atoms with van der Waals surface area (Å²) in [5.41, 5.74) is -0.560. The van der Waals surface area contributed by atoms with Gasteiger partial charge in [-0.05, 0) is 52.7 Å². The number of aliphatic hydroxyl groups excluding tert-OH is 1. The molecule has 1 aromatic heterocycles. The van der Waals surface area contributed by atoms with E-state index in [-0.39, 0.29) is 12.5 Å². The third kappa shape index (κ3) is 7.99. The van der Waals surface area contributed by atoms with Gasteiger partial charge in [0.1, 0.15) is 10.5 Å². The van der Waals surface area contributed by atoms with E-state index in [2.05, 4.69) is 5.32 Å². The molecule has 6 nitrogen and oxygen atoms in total. The highest BCUT2D eigenvalue weighted by molar-refractivity contribution is 7.13. The number of amides is 1. The van der Waals surface area contributed by atoms with E-state index >= 15 is 0 Å². The molecule has 0 fully saturated rings. The van der Waals surface area contributed by atoms with E-state index in [4.69, 9.17) is 9.47 Å². The predicted molar refractivity (Wildman–Crippen MR) is 88.8 cm³/mol. The fraction of sp³-hybridized carbons (Fsp3) is 0.625. The first kappa shape index (κ1) is 19.4. The number of esters is 1. The van der Waals surface area contributed by atoms with Crippen molar-refractivity contribution in [1.29, 1.82) is 0 Å². The minimum Gasteiger partial charge on any atom is -0.462 e. The van der Waals surface area contributed by atoms with Gasteiger partial charge in [0.25, 0.3) is 0 Å². The molecule has 0 saturated carbocycles. The Balaban J connectivity index is 2.32. The first-order chi connectivity index (χ1) is 10.7. The summed E-state index contributed by atoms with van der Waals surface area (Å²) in [5.74, 6) is -0.323. The van der Waals surface area contributed by atoms with Crippen LogP contribution in [0.25, 0.3) is 0 Å². The zero-order chi connectivity index (χ0) is 17.5. The Morgan fingerprint density at radius 3 is 2.65 bits per heavy atom. The molecule has 1 rings (SSSR count). The van der Waals surface area contributed by atoms with E-state index in [0.717, 1.165) is 4.88 Å². The van der Waals surface area contributed by atoms with Crippen LogP contribution >= 0.6 is 11.3 Å². The Hall–Kier alpha value is -1.60. The van der Waals surface area contributed by atoms with Gasteiger partial charge in [0.2, 0.25) is 0 Å². The van der Waals surface area contributed by atoms with Crippen molar-refractivity contribution in [2.45, 2.75) is 52.2 Å². The van der Waals surface area contributed by atoms with Gasteiger partial charge >= 0.3 is 12.1 Å². The van der Waals surface area contributed by atoms with Crippen LogP contribution in [0, 0.1) is 0 Å². The highest BCUT2D eigenvalue weighted by Gasteiger charge is 2.17. The zero-order valence-corrected chi connectivity index (χ0v) is 14.9. The molecule has 0 bridgehead atoms. The number of hydrogen-bond acceptors (Lipinski definition) is 6. The third-order valence-electron chi connectivity index (χ3n) is 2.74. The molecule has 1 heterocycles. The number of carbonyl (C=O) groups excluding carboxylic acids is 2. The van der Waals surface area contributed by atoms with Crippen molar-refractivity contribution in [2.24, 2.45) is 0 Å². The van der Waals surface area contributed by atoms with E-state index in [0.29, 0.717) is 24.3 Å². The van der Waals surface area contributed by atoms with Gasteiger partial charge in [-0.25, -0.2) is 9.59 Å². The van der Waals surface area contributed by atoms with Gasteiger partial charge in [-0.2, -0.15) is 0 Å². The molecule has 0 saturated heterocycles. The fourth-order valence-corrected chi connectivity index (χ4v) is 2.67. The Morgan fingerprint density at radius 1 is 1.35 bits per heavy atom. The maximum Gasteiger partial charge on any atom is 0.407 e. The fourth-order valence-electron chi connectivity index (χ4n) is 1.75. The van der Waals surface area contributed by atoms with Gasteiger partial charge in [0.15, 0.2) is 0 Å². The number of nitrogens with one attached hydrogen (secondary N) is 1. The number of aliphatic hydroxyl groups is 1. The third-order valence-corrected chi connectivity index (χ3v) is 3.87. The van der Waals surface area contributed by atoms with E-state index in [1.54, 1.807) is 33.8 Å². The molecule has 0 aliphatic carbocycles. The van der Waals surface area contributed by atoms with Gasteiger partial charge in [-0.15, -0.1) is 11.3 Å². The first-order valence-electron chi connectivity index (χ1n) is 7.62. The highest BCUT2D eigenvalue weighted by atomic mass is 32.1.